The van der Waals surface area contributed by atoms with Crippen LogP contribution in [0.3, 0.4) is 0 Å². The van der Waals surface area contributed by atoms with Crippen LogP contribution in [0.25, 0.3) is 0 Å². The van der Waals surface area contributed by atoms with Crippen molar-refractivity contribution in [2.75, 3.05) is 27.2 Å². The lowest BCUT2D eigenvalue weighted by Crippen LogP contribution is -2.41. The van der Waals surface area contributed by atoms with Crippen LogP contribution in [0.5, 0.6) is 5.75 Å². The number of piperidine rings is 1. The Morgan fingerprint density at radius 2 is 1.46 bits per heavy atom. The van der Waals surface area contributed by atoms with Crippen molar-refractivity contribution < 1.29 is 31.5 Å². The van der Waals surface area contributed by atoms with Gasteiger partial charge in [0.05, 0.1) is 0 Å². The summed E-state index contributed by atoms with van der Waals surface area (Å²) in [6.07, 6.45) is -0.301. The number of carbonyl (C=O) groups excluding carboxylic acids is 1. The number of ether oxygens (including phenoxy) is 1. The zero-order valence-electron chi connectivity index (χ0n) is 12.9. The van der Waals surface area contributed by atoms with Crippen LogP contribution in [-0.4, -0.2) is 47.7 Å². The highest BCUT2D eigenvalue weighted by Crippen LogP contribution is 2.31. The highest BCUT2D eigenvalue weighted by atomic mass is 32.2. The molecule has 0 unspecified atom stereocenters. The normalized spacial score (nSPS) is 15.9. The van der Waals surface area contributed by atoms with Gasteiger partial charge in [-0.2, -0.15) is 8.78 Å². The molecule has 2 rings (SSSR count). The first kappa shape index (κ1) is 18.8. The molecular weight excluding hydrogens is 355 g/mol. The van der Waals surface area contributed by atoms with E-state index >= 15 is 0 Å². The number of likely N-dealkylation sites (tertiary alicyclic amines) is 1. The molecule has 1 aliphatic heterocycles. The van der Waals surface area contributed by atoms with Crippen LogP contribution in [0.2, 0.25) is 0 Å². The molecule has 0 saturated carbocycles. The van der Waals surface area contributed by atoms with E-state index in [1.54, 1.807) is 18.4 Å². The average molecular weight is 370 g/mol. The molecule has 24 heavy (non-hydrogen) atoms. The van der Waals surface area contributed by atoms with E-state index in [2.05, 4.69) is 0 Å². The lowest BCUT2D eigenvalue weighted by Gasteiger charge is -2.32. The molecular formula is C14H15F5N2O2S. The molecule has 1 saturated heterocycles. The van der Waals surface area contributed by atoms with Crippen molar-refractivity contribution in [2.24, 2.45) is 0 Å². The number of hydrogen-bond acceptors (Lipinski definition) is 4. The lowest BCUT2D eigenvalue weighted by atomic mass is 10.1. The summed E-state index contributed by atoms with van der Waals surface area (Å²) in [4.78, 5) is 13.4. The van der Waals surface area contributed by atoms with Crippen LogP contribution in [0.1, 0.15) is 12.8 Å². The molecule has 4 nitrogen and oxygen atoms in total. The van der Waals surface area contributed by atoms with Crippen LogP contribution in [0.15, 0.2) is 0 Å². The Bertz CT molecular complexity index is 607. The summed E-state index contributed by atoms with van der Waals surface area (Å²) >= 11 is 0.995. The molecule has 0 N–H and O–H groups in total. The van der Waals surface area contributed by atoms with Crippen molar-refractivity contribution in [2.45, 2.75) is 18.9 Å². The van der Waals surface area contributed by atoms with E-state index in [-0.39, 0.29) is 31.2 Å². The lowest BCUT2D eigenvalue weighted by molar-refractivity contribution is 0.108. The molecule has 1 amide bonds. The van der Waals surface area contributed by atoms with Crippen LogP contribution in [0.4, 0.5) is 26.7 Å². The van der Waals surface area contributed by atoms with Gasteiger partial charge in [-0.05, 0) is 14.1 Å². The summed E-state index contributed by atoms with van der Waals surface area (Å²) in [6.45, 7) is 0.527. The Labute approximate surface area is 139 Å². The van der Waals surface area contributed by atoms with Crippen molar-refractivity contribution in [3.63, 3.8) is 0 Å². The molecule has 1 heterocycles. The molecule has 1 aromatic rings. The van der Waals surface area contributed by atoms with E-state index in [0.717, 1.165) is 11.9 Å². The molecule has 0 atom stereocenters. The fraction of sp³-hybridized carbons (Fsp3) is 0.500. The second-order valence-corrected chi connectivity index (χ2v) is 6.63. The summed E-state index contributed by atoms with van der Waals surface area (Å²) in [6, 6.07) is 0. The minimum Gasteiger partial charge on any atom is -0.484 e. The molecule has 0 radical (unpaired) electrons. The highest BCUT2D eigenvalue weighted by Gasteiger charge is 2.31. The minimum absolute atomic E-state index is 0.185. The average Bonchev–Trinajstić information content (AvgIpc) is 2.55. The molecule has 0 spiro atoms. The first-order valence-electron chi connectivity index (χ1n) is 7.04. The Hall–Kier alpha value is -1.55. The van der Waals surface area contributed by atoms with Crippen molar-refractivity contribution in [3.8, 4) is 5.75 Å². The number of amides is 1. The smallest absolute Gasteiger partial charge is 0.296 e. The van der Waals surface area contributed by atoms with Crippen molar-refractivity contribution >= 4 is 17.2 Å². The SMILES string of the molecule is CN(C)SC(=O)N1CCC(Oc2c(F)c(F)c(F)c(F)c2F)CC1. The minimum atomic E-state index is -2.22. The summed E-state index contributed by atoms with van der Waals surface area (Å²) in [5.74, 6) is -11.6. The van der Waals surface area contributed by atoms with Gasteiger partial charge in [-0.3, -0.25) is 4.79 Å². The van der Waals surface area contributed by atoms with Crippen LogP contribution >= 0.6 is 11.9 Å². The van der Waals surface area contributed by atoms with Gasteiger partial charge >= 0.3 is 0 Å². The fourth-order valence-corrected chi connectivity index (χ4v) is 2.84. The van der Waals surface area contributed by atoms with Crippen molar-refractivity contribution in [1.82, 2.24) is 9.21 Å². The standard InChI is InChI=1S/C14H15F5N2O2S/c1-20(2)24-14(22)21-5-3-7(4-6-21)23-13-11(18)9(16)8(15)10(17)12(13)19/h7H,3-6H2,1-2H3. The third kappa shape index (κ3) is 3.92. The molecule has 1 aliphatic rings. The van der Waals surface area contributed by atoms with Gasteiger partial charge in [0, 0.05) is 37.9 Å². The maximum atomic E-state index is 13.6. The Morgan fingerprint density at radius 1 is 1.00 bits per heavy atom. The van der Waals surface area contributed by atoms with Gasteiger partial charge in [-0.25, -0.2) is 17.5 Å². The second kappa shape index (κ2) is 7.56. The molecule has 0 bridgehead atoms. The van der Waals surface area contributed by atoms with Gasteiger partial charge in [0.25, 0.3) is 5.24 Å². The van der Waals surface area contributed by atoms with Gasteiger partial charge in [-0.1, -0.05) is 0 Å². The van der Waals surface area contributed by atoms with Crippen molar-refractivity contribution in [1.29, 1.82) is 0 Å². The Morgan fingerprint density at radius 3 is 1.92 bits per heavy atom. The second-order valence-electron chi connectivity index (χ2n) is 5.37. The highest BCUT2D eigenvalue weighted by molar-refractivity contribution is 8.11. The van der Waals surface area contributed by atoms with Crippen LogP contribution < -0.4 is 4.74 Å². The maximum Gasteiger partial charge on any atom is 0.296 e. The van der Waals surface area contributed by atoms with E-state index in [1.165, 1.54) is 4.90 Å². The number of benzene rings is 1. The van der Waals surface area contributed by atoms with E-state index in [1.807, 2.05) is 0 Å². The first-order valence-corrected chi connectivity index (χ1v) is 7.82. The van der Waals surface area contributed by atoms with E-state index in [4.69, 9.17) is 4.74 Å². The summed E-state index contributed by atoms with van der Waals surface area (Å²) < 4.78 is 73.1. The number of hydrogen-bond donors (Lipinski definition) is 0. The van der Waals surface area contributed by atoms with Crippen LogP contribution in [0, 0.1) is 29.1 Å². The van der Waals surface area contributed by atoms with Gasteiger partial charge in [-0.15, -0.1) is 0 Å². The van der Waals surface area contributed by atoms with Crippen molar-refractivity contribution in [3.05, 3.63) is 29.1 Å². The van der Waals surface area contributed by atoms with E-state index in [9.17, 15) is 26.7 Å². The molecule has 0 aliphatic carbocycles. The molecule has 0 aromatic heterocycles. The molecule has 10 heteroatoms. The maximum absolute atomic E-state index is 13.6. The molecule has 1 aromatic carbocycles. The van der Waals surface area contributed by atoms with Crippen LogP contribution in [-0.2, 0) is 0 Å². The molecule has 134 valence electrons. The number of carbonyl (C=O) groups is 1. The monoisotopic (exact) mass is 370 g/mol. The Kier molecular flexibility index (Phi) is 5.92. The summed E-state index contributed by atoms with van der Waals surface area (Å²) in [7, 11) is 3.42. The fourth-order valence-electron chi connectivity index (χ4n) is 2.23. The Balaban J connectivity index is 2.04. The zero-order chi connectivity index (χ0) is 18.0. The topological polar surface area (TPSA) is 32.8 Å². The third-order valence-electron chi connectivity index (χ3n) is 3.41. The van der Waals surface area contributed by atoms with Gasteiger partial charge in [0.2, 0.25) is 29.1 Å². The summed E-state index contributed by atoms with van der Waals surface area (Å²) in [5, 5.41) is -0.185. The van der Waals surface area contributed by atoms with Gasteiger partial charge < -0.3 is 9.64 Å². The predicted molar refractivity (Wildman–Crippen MR) is 78.1 cm³/mol. The number of halogens is 5. The third-order valence-corrected chi connectivity index (χ3v) is 4.19. The van der Waals surface area contributed by atoms with E-state index in [0.29, 0.717) is 0 Å². The van der Waals surface area contributed by atoms with Gasteiger partial charge in [0.1, 0.15) is 6.10 Å². The van der Waals surface area contributed by atoms with Gasteiger partial charge in [0.15, 0.2) is 5.75 Å². The number of nitrogens with zero attached hydrogens (tertiary/aromatic N) is 2. The van der Waals surface area contributed by atoms with E-state index < -0.39 is 40.9 Å². The largest absolute Gasteiger partial charge is 0.484 e. The summed E-state index contributed by atoms with van der Waals surface area (Å²) in [5.41, 5.74) is 0. The zero-order valence-corrected chi connectivity index (χ0v) is 13.7. The first-order chi connectivity index (χ1) is 11.2. The quantitative estimate of drug-likeness (QED) is 0.353. The molecule has 1 fully saturated rings. The number of rotatable bonds is 3. The predicted octanol–water partition coefficient (Wildman–Crippen LogP) is 3.56.